The summed E-state index contributed by atoms with van der Waals surface area (Å²) in [5.41, 5.74) is 2.05. The molecule has 1 aliphatic carbocycles. The second-order valence-electron chi connectivity index (χ2n) is 15.9. The first-order valence-corrected chi connectivity index (χ1v) is 19.4. The molecule has 2 heterocycles. The summed E-state index contributed by atoms with van der Waals surface area (Å²) in [6.45, 7) is 18.6. The SMILES string of the molecule is CC(C)COCC(C)(C)C1=C/C(=C\C2=C(O)C(=C/c3cc(-c4ccc(Cl)c(Cl)c4)[o+]c(C(C)(C)COCC(C)C)c3)/C2=O)C=C(c2ccc(Cl)c(Cl)c2)O1. The van der Waals surface area contributed by atoms with Crippen molar-refractivity contribution in [1.82, 2.24) is 0 Å². The van der Waals surface area contributed by atoms with Crippen molar-refractivity contribution in [2.24, 2.45) is 17.3 Å². The van der Waals surface area contributed by atoms with Crippen molar-refractivity contribution in [2.45, 2.75) is 60.8 Å². The van der Waals surface area contributed by atoms with Crippen LogP contribution in [-0.4, -0.2) is 37.3 Å². The van der Waals surface area contributed by atoms with Gasteiger partial charge in [0, 0.05) is 30.3 Å². The minimum absolute atomic E-state index is 0.115. The first-order chi connectivity index (χ1) is 25.3. The van der Waals surface area contributed by atoms with E-state index in [1.165, 1.54) is 0 Å². The van der Waals surface area contributed by atoms with E-state index < -0.39 is 10.8 Å². The molecule has 10 heteroatoms. The molecule has 2 aromatic carbocycles. The summed E-state index contributed by atoms with van der Waals surface area (Å²) in [6, 6.07) is 14.2. The molecule has 1 N–H and O–H groups in total. The lowest BCUT2D eigenvalue weighted by molar-refractivity contribution is -0.113. The lowest BCUT2D eigenvalue weighted by Crippen LogP contribution is -2.26. The number of rotatable bonds is 14. The number of ketones is 1. The maximum atomic E-state index is 13.8. The molecule has 0 amide bonds. The second kappa shape index (κ2) is 17.2. The summed E-state index contributed by atoms with van der Waals surface area (Å²) in [4.78, 5) is 13.8. The molecule has 0 atom stereocenters. The van der Waals surface area contributed by atoms with E-state index in [-0.39, 0.29) is 22.7 Å². The predicted molar refractivity (Wildman–Crippen MR) is 221 cm³/mol. The lowest BCUT2D eigenvalue weighted by Gasteiger charge is -2.31. The van der Waals surface area contributed by atoms with Crippen molar-refractivity contribution >= 4 is 64.0 Å². The zero-order chi connectivity index (χ0) is 39.5. The van der Waals surface area contributed by atoms with E-state index in [9.17, 15) is 9.90 Å². The fourth-order valence-electron chi connectivity index (χ4n) is 5.75. The number of Topliss-reactive ketones (excluding diaryl/α,β-unsaturated/α-hetero) is 1. The molecule has 0 unspecified atom stereocenters. The van der Waals surface area contributed by atoms with Gasteiger partial charge >= 0.3 is 11.5 Å². The normalized spacial score (nSPS) is 16.7. The first-order valence-electron chi connectivity index (χ1n) is 17.9. The van der Waals surface area contributed by atoms with Crippen molar-refractivity contribution in [3.05, 3.63) is 132 Å². The Hall–Kier alpha value is -3.36. The van der Waals surface area contributed by atoms with Gasteiger partial charge < -0.3 is 19.3 Å². The van der Waals surface area contributed by atoms with Crippen molar-refractivity contribution in [2.75, 3.05) is 26.4 Å². The van der Waals surface area contributed by atoms with Gasteiger partial charge in [0.15, 0.2) is 0 Å². The Morgan fingerprint density at radius 3 is 1.91 bits per heavy atom. The van der Waals surface area contributed by atoms with Crippen molar-refractivity contribution < 1.29 is 28.5 Å². The molecule has 5 rings (SSSR count). The predicted octanol–water partition coefficient (Wildman–Crippen LogP) is 13.2. The monoisotopic (exact) mass is 811 g/mol. The van der Waals surface area contributed by atoms with Gasteiger partial charge in [-0.25, -0.2) is 4.42 Å². The molecule has 0 saturated carbocycles. The van der Waals surface area contributed by atoms with Gasteiger partial charge in [0.2, 0.25) is 5.78 Å². The highest BCUT2D eigenvalue weighted by Crippen LogP contribution is 2.41. The number of carbonyl (C=O) groups is 1. The van der Waals surface area contributed by atoms with E-state index in [1.807, 2.05) is 52.0 Å². The molecule has 2 aliphatic rings. The largest absolute Gasteiger partial charge is 0.506 e. The third-order valence-corrected chi connectivity index (χ3v) is 10.3. The van der Waals surface area contributed by atoms with E-state index >= 15 is 0 Å². The number of carbonyl (C=O) groups excluding carboxylic acids is 1. The molecule has 54 heavy (non-hydrogen) atoms. The van der Waals surface area contributed by atoms with Crippen LogP contribution in [0.5, 0.6) is 0 Å². The van der Waals surface area contributed by atoms with Crippen LogP contribution in [0, 0.1) is 17.3 Å². The van der Waals surface area contributed by atoms with E-state index in [1.54, 1.807) is 48.6 Å². The van der Waals surface area contributed by atoms with Gasteiger partial charge in [-0.05, 0) is 97.5 Å². The minimum Gasteiger partial charge on any atom is -0.506 e. The highest BCUT2D eigenvalue weighted by Gasteiger charge is 2.37. The topological polar surface area (TPSA) is 76.3 Å². The van der Waals surface area contributed by atoms with E-state index in [4.69, 9.17) is 65.0 Å². The van der Waals surface area contributed by atoms with Crippen molar-refractivity contribution in [3.8, 4) is 11.3 Å². The van der Waals surface area contributed by atoms with Gasteiger partial charge in [-0.3, -0.25) is 4.79 Å². The summed E-state index contributed by atoms with van der Waals surface area (Å²) in [5, 5.41) is 13.0. The Balaban J connectivity index is 1.55. The average Bonchev–Trinajstić information content (AvgIpc) is 3.11. The fourth-order valence-corrected chi connectivity index (χ4v) is 6.34. The number of hydrogen-bond donors (Lipinski definition) is 1. The number of hydrogen-bond acceptors (Lipinski definition) is 5. The summed E-state index contributed by atoms with van der Waals surface area (Å²) in [5.74, 6) is 2.65. The van der Waals surface area contributed by atoms with Gasteiger partial charge in [0.05, 0.1) is 56.1 Å². The average molecular weight is 814 g/mol. The molecule has 0 fully saturated rings. The molecular weight excluding hydrogens is 766 g/mol. The Morgan fingerprint density at radius 1 is 0.759 bits per heavy atom. The Labute approximate surface area is 338 Å². The zero-order valence-corrected chi connectivity index (χ0v) is 34.9. The summed E-state index contributed by atoms with van der Waals surface area (Å²) in [6.07, 6.45) is 7.01. The molecule has 3 aromatic rings. The van der Waals surface area contributed by atoms with E-state index in [2.05, 4.69) is 27.7 Å². The van der Waals surface area contributed by atoms with Crippen LogP contribution in [0.4, 0.5) is 0 Å². The smallest absolute Gasteiger partial charge is 0.360 e. The van der Waals surface area contributed by atoms with Crippen LogP contribution < -0.4 is 0 Å². The molecular formula is C44H47Cl4O6+. The van der Waals surface area contributed by atoms with Crippen molar-refractivity contribution in [1.29, 1.82) is 0 Å². The molecule has 0 spiro atoms. The van der Waals surface area contributed by atoms with Gasteiger partial charge in [0.1, 0.15) is 22.7 Å². The van der Waals surface area contributed by atoms with Gasteiger partial charge in [-0.2, -0.15) is 0 Å². The number of aliphatic hydroxyl groups is 1. The quantitative estimate of drug-likeness (QED) is 0.129. The van der Waals surface area contributed by atoms with Crippen LogP contribution in [0.3, 0.4) is 0 Å². The van der Waals surface area contributed by atoms with Gasteiger partial charge in [-0.1, -0.05) is 87.9 Å². The highest BCUT2D eigenvalue weighted by molar-refractivity contribution is 6.42. The molecule has 1 aliphatic heterocycles. The number of aliphatic hydroxyl groups excluding tert-OH is 1. The van der Waals surface area contributed by atoms with Crippen LogP contribution in [-0.2, 0) is 24.4 Å². The van der Waals surface area contributed by atoms with Crippen LogP contribution in [0.25, 0.3) is 23.2 Å². The van der Waals surface area contributed by atoms with Crippen molar-refractivity contribution in [3.63, 3.8) is 0 Å². The summed E-state index contributed by atoms with van der Waals surface area (Å²) in [7, 11) is 0. The Kier molecular flexibility index (Phi) is 13.3. The summed E-state index contributed by atoms with van der Waals surface area (Å²) >= 11 is 25.2. The number of halogens is 4. The molecule has 0 bridgehead atoms. The molecule has 1 aromatic heterocycles. The minimum atomic E-state index is -0.523. The lowest BCUT2D eigenvalue weighted by atomic mass is 9.84. The van der Waals surface area contributed by atoms with Gasteiger partial charge in [-0.15, -0.1) is 0 Å². The molecule has 0 radical (unpaired) electrons. The molecule has 6 nitrogen and oxygen atoms in total. The van der Waals surface area contributed by atoms with Crippen LogP contribution >= 0.6 is 46.4 Å². The number of benzene rings is 2. The standard InChI is InChI=1S/C44H46Cl4O6/c1-25(2)21-51-23-43(5,6)39-17-27(15-37(53-39)29-9-11-33(45)35(47)19-29)13-31-41(49)32(42(31)50)14-28-16-38(30-10-12-34(46)36(48)20-30)54-40(18-28)44(7,8)24-52-22-26(3)4/h9-20,25-26H,21-24H2,1-8H3/p+1. The third-order valence-electron chi connectivity index (χ3n) is 8.82. The van der Waals surface area contributed by atoms with Crippen LogP contribution in [0.15, 0.2) is 99.4 Å². The zero-order valence-electron chi connectivity index (χ0n) is 31.9. The third kappa shape index (κ3) is 10.1. The Bertz CT molecular complexity index is 2080. The van der Waals surface area contributed by atoms with E-state index in [0.717, 1.165) is 0 Å². The Morgan fingerprint density at radius 2 is 1.33 bits per heavy atom. The maximum Gasteiger partial charge on any atom is 0.360 e. The number of allylic oxidation sites excluding steroid dienone is 6. The highest BCUT2D eigenvalue weighted by atomic mass is 35.5. The fraction of sp³-hybridized carbons (Fsp3) is 0.364. The van der Waals surface area contributed by atoms with E-state index in [0.29, 0.717) is 104 Å². The molecule has 286 valence electrons. The summed E-state index contributed by atoms with van der Waals surface area (Å²) < 4.78 is 24.9. The number of ether oxygens (including phenoxy) is 3. The van der Waals surface area contributed by atoms with Gasteiger partial charge in [0.25, 0.3) is 0 Å². The maximum absolute atomic E-state index is 13.8. The second-order valence-corrected chi connectivity index (χ2v) is 17.5. The van der Waals surface area contributed by atoms with Crippen LogP contribution in [0.1, 0.15) is 72.3 Å². The van der Waals surface area contributed by atoms with Crippen LogP contribution in [0.2, 0.25) is 20.1 Å². The molecule has 0 saturated heterocycles. The first kappa shape index (κ1) is 41.8.